The fourth-order valence-corrected chi connectivity index (χ4v) is 2.15. The lowest BCUT2D eigenvalue weighted by Crippen LogP contribution is -2.35. The van der Waals surface area contributed by atoms with Crippen LogP contribution in [0.2, 0.25) is 0 Å². The summed E-state index contributed by atoms with van der Waals surface area (Å²) in [6.45, 7) is 16.1. The van der Waals surface area contributed by atoms with Gasteiger partial charge >= 0.3 is 0 Å². The second-order valence-corrected chi connectivity index (χ2v) is 6.49. The van der Waals surface area contributed by atoms with E-state index in [1.165, 1.54) is 0 Å². The zero-order valence-corrected chi connectivity index (χ0v) is 14.6. The van der Waals surface area contributed by atoms with Gasteiger partial charge in [-0.05, 0) is 20.0 Å². The Morgan fingerprint density at radius 2 is 1.71 bits per heavy atom. The van der Waals surface area contributed by atoms with Crippen molar-refractivity contribution in [2.75, 3.05) is 37.3 Å². The van der Waals surface area contributed by atoms with Crippen molar-refractivity contribution in [1.29, 1.82) is 0 Å². The average molecular weight is 293 g/mol. The fourth-order valence-electron chi connectivity index (χ4n) is 2.15. The number of hydrogen-bond donors (Lipinski definition) is 2. The molecule has 1 atom stereocenters. The molecule has 2 N–H and O–H groups in total. The molecule has 0 radical (unpaired) electrons. The van der Waals surface area contributed by atoms with Crippen molar-refractivity contribution in [3.63, 3.8) is 0 Å². The van der Waals surface area contributed by atoms with E-state index < -0.39 is 0 Å². The second-order valence-electron chi connectivity index (χ2n) is 6.49. The van der Waals surface area contributed by atoms with Gasteiger partial charge in [0, 0.05) is 31.1 Å². The molecular weight excluding hydrogens is 262 g/mol. The molecular formula is C16H31N5. The number of rotatable bonds is 7. The number of anilines is 2. The van der Waals surface area contributed by atoms with Crippen LogP contribution in [-0.4, -0.2) is 47.6 Å². The predicted molar refractivity (Wildman–Crippen MR) is 91.2 cm³/mol. The van der Waals surface area contributed by atoms with Gasteiger partial charge in [0.2, 0.25) is 0 Å². The van der Waals surface area contributed by atoms with Gasteiger partial charge in [0.05, 0.1) is 0 Å². The highest BCUT2D eigenvalue weighted by molar-refractivity contribution is 5.48. The van der Waals surface area contributed by atoms with Crippen LogP contribution in [0.25, 0.3) is 0 Å². The monoisotopic (exact) mass is 293 g/mol. The molecule has 0 bridgehead atoms. The third-order valence-electron chi connectivity index (χ3n) is 3.47. The summed E-state index contributed by atoms with van der Waals surface area (Å²) in [4.78, 5) is 11.6. The molecule has 0 aliphatic rings. The number of nitrogens with one attached hydrogen (secondary N) is 2. The van der Waals surface area contributed by atoms with Crippen molar-refractivity contribution >= 4 is 11.6 Å². The number of aromatic nitrogens is 2. The Hall–Kier alpha value is -1.36. The molecule has 5 nitrogen and oxygen atoms in total. The first-order chi connectivity index (χ1) is 9.79. The minimum absolute atomic E-state index is 0.0641. The van der Waals surface area contributed by atoms with E-state index in [9.17, 15) is 0 Å². The van der Waals surface area contributed by atoms with Crippen LogP contribution in [0.4, 0.5) is 11.6 Å². The van der Waals surface area contributed by atoms with Crippen LogP contribution in [0, 0.1) is 0 Å². The molecule has 1 heterocycles. The van der Waals surface area contributed by atoms with Gasteiger partial charge in [0.15, 0.2) is 0 Å². The van der Waals surface area contributed by atoms with Gasteiger partial charge < -0.3 is 15.5 Å². The fraction of sp³-hybridized carbons (Fsp3) is 0.750. The quantitative estimate of drug-likeness (QED) is 0.809. The van der Waals surface area contributed by atoms with E-state index in [4.69, 9.17) is 0 Å². The molecule has 0 spiro atoms. The van der Waals surface area contributed by atoms with Crippen LogP contribution in [0.5, 0.6) is 0 Å². The van der Waals surface area contributed by atoms with Crippen LogP contribution >= 0.6 is 0 Å². The zero-order chi connectivity index (χ0) is 16.0. The Morgan fingerprint density at radius 1 is 1.14 bits per heavy atom. The highest BCUT2D eigenvalue weighted by Gasteiger charge is 2.19. The van der Waals surface area contributed by atoms with Gasteiger partial charge in [-0.1, -0.05) is 34.6 Å². The number of hydrogen-bond acceptors (Lipinski definition) is 5. The van der Waals surface area contributed by atoms with E-state index in [2.05, 4.69) is 67.0 Å². The number of likely N-dealkylation sites (N-methyl/N-ethyl adjacent to an activating group) is 1. The molecule has 0 fully saturated rings. The standard InChI is InChI=1S/C16H31N5/c1-8-21(9-2)11-12(3)18-14-10-13(17-7)19-15(20-14)16(4,5)6/h10,12H,8-9,11H2,1-7H3,(H2,17,18,19,20). The molecule has 0 aliphatic heterocycles. The SMILES string of the molecule is CCN(CC)CC(C)Nc1cc(NC)nc(C(C)(C)C)n1. The molecule has 0 aromatic carbocycles. The third kappa shape index (κ3) is 5.50. The van der Waals surface area contributed by atoms with Gasteiger partial charge in [-0.25, -0.2) is 9.97 Å². The van der Waals surface area contributed by atoms with Crippen molar-refractivity contribution in [1.82, 2.24) is 14.9 Å². The van der Waals surface area contributed by atoms with Crippen LogP contribution < -0.4 is 10.6 Å². The van der Waals surface area contributed by atoms with E-state index in [0.29, 0.717) is 6.04 Å². The van der Waals surface area contributed by atoms with Crippen LogP contribution in [-0.2, 0) is 5.41 Å². The lowest BCUT2D eigenvalue weighted by molar-refractivity contribution is 0.294. The maximum atomic E-state index is 4.67. The maximum Gasteiger partial charge on any atom is 0.138 e. The molecule has 1 rings (SSSR count). The van der Waals surface area contributed by atoms with Gasteiger partial charge in [0.1, 0.15) is 17.5 Å². The topological polar surface area (TPSA) is 53.1 Å². The number of nitrogens with zero attached hydrogens (tertiary/aromatic N) is 3. The molecule has 1 unspecified atom stereocenters. The highest BCUT2D eigenvalue weighted by atomic mass is 15.2. The Balaban J connectivity index is 2.87. The van der Waals surface area contributed by atoms with E-state index in [1.54, 1.807) is 0 Å². The minimum Gasteiger partial charge on any atom is -0.373 e. The Bertz CT molecular complexity index is 435. The summed E-state index contributed by atoms with van der Waals surface area (Å²) in [7, 11) is 1.89. The predicted octanol–water partition coefficient (Wildman–Crippen LogP) is 2.96. The van der Waals surface area contributed by atoms with Crippen molar-refractivity contribution in [3.8, 4) is 0 Å². The summed E-state index contributed by atoms with van der Waals surface area (Å²) in [5, 5.41) is 6.61. The summed E-state index contributed by atoms with van der Waals surface area (Å²) >= 11 is 0. The molecule has 1 aromatic heterocycles. The first-order valence-corrected chi connectivity index (χ1v) is 7.86. The minimum atomic E-state index is -0.0641. The first-order valence-electron chi connectivity index (χ1n) is 7.86. The molecule has 5 heteroatoms. The summed E-state index contributed by atoms with van der Waals surface area (Å²) in [5.41, 5.74) is -0.0641. The van der Waals surface area contributed by atoms with Crippen molar-refractivity contribution < 1.29 is 0 Å². The summed E-state index contributed by atoms with van der Waals surface area (Å²) in [5.74, 6) is 2.60. The smallest absolute Gasteiger partial charge is 0.138 e. The van der Waals surface area contributed by atoms with Crippen LogP contribution in [0.3, 0.4) is 0 Å². The Labute approximate surface area is 129 Å². The normalized spacial score (nSPS) is 13.3. The first kappa shape index (κ1) is 17.7. The van der Waals surface area contributed by atoms with E-state index in [0.717, 1.165) is 37.1 Å². The summed E-state index contributed by atoms with van der Waals surface area (Å²) < 4.78 is 0. The Morgan fingerprint density at radius 3 is 2.19 bits per heavy atom. The molecule has 0 aliphatic carbocycles. The van der Waals surface area contributed by atoms with Gasteiger partial charge in [0.25, 0.3) is 0 Å². The lowest BCUT2D eigenvalue weighted by atomic mass is 9.96. The van der Waals surface area contributed by atoms with Crippen LogP contribution in [0.1, 0.15) is 47.4 Å². The molecule has 21 heavy (non-hydrogen) atoms. The Kier molecular flexibility index (Phi) is 6.40. The molecule has 0 saturated heterocycles. The molecule has 0 saturated carbocycles. The van der Waals surface area contributed by atoms with E-state index in [-0.39, 0.29) is 5.41 Å². The summed E-state index contributed by atoms with van der Waals surface area (Å²) in [6, 6.07) is 2.31. The third-order valence-corrected chi connectivity index (χ3v) is 3.47. The average Bonchev–Trinajstić information content (AvgIpc) is 2.43. The molecule has 120 valence electrons. The van der Waals surface area contributed by atoms with Crippen molar-refractivity contribution in [2.45, 2.75) is 53.0 Å². The lowest BCUT2D eigenvalue weighted by Gasteiger charge is -2.25. The summed E-state index contributed by atoms with van der Waals surface area (Å²) in [6.07, 6.45) is 0. The van der Waals surface area contributed by atoms with E-state index >= 15 is 0 Å². The van der Waals surface area contributed by atoms with Gasteiger partial charge in [-0.3, -0.25) is 0 Å². The second kappa shape index (κ2) is 7.59. The van der Waals surface area contributed by atoms with Crippen molar-refractivity contribution in [3.05, 3.63) is 11.9 Å². The maximum absolute atomic E-state index is 4.67. The van der Waals surface area contributed by atoms with Gasteiger partial charge in [-0.15, -0.1) is 0 Å². The van der Waals surface area contributed by atoms with Crippen molar-refractivity contribution in [2.24, 2.45) is 0 Å². The largest absolute Gasteiger partial charge is 0.373 e. The molecule has 0 amide bonds. The molecule has 1 aromatic rings. The zero-order valence-electron chi connectivity index (χ0n) is 14.6. The van der Waals surface area contributed by atoms with Crippen LogP contribution in [0.15, 0.2) is 6.07 Å². The highest BCUT2D eigenvalue weighted by Crippen LogP contribution is 2.22. The van der Waals surface area contributed by atoms with Gasteiger partial charge in [-0.2, -0.15) is 0 Å². The van der Waals surface area contributed by atoms with E-state index in [1.807, 2.05) is 13.1 Å².